The fraction of sp³-hybridized carbons (Fsp3) is 0.200. The van der Waals surface area contributed by atoms with Gasteiger partial charge in [0, 0.05) is 12.3 Å². The maximum Gasteiger partial charge on any atom is 0.335 e. The first-order chi connectivity index (χ1) is 7.54. The first-order valence-electron chi connectivity index (χ1n) is 4.46. The number of carbonyl (C=O) groups excluding carboxylic acids is 1. The number of aromatic carboxylic acids is 1. The number of hydrogen-bond acceptors (Lipinski definition) is 3. The number of aromatic hydroxyl groups is 1. The highest BCUT2D eigenvalue weighted by molar-refractivity contribution is 6.19. The number of carboxylic acids is 1. The molecular formula is C10H10ClNO4. The topological polar surface area (TPSA) is 86.6 Å². The molecule has 16 heavy (non-hydrogen) atoms. The van der Waals surface area contributed by atoms with Crippen molar-refractivity contribution in [2.45, 2.75) is 6.42 Å². The van der Waals surface area contributed by atoms with Gasteiger partial charge >= 0.3 is 5.97 Å². The van der Waals surface area contributed by atoms with Crippen molar-refractivity contribution in [1.82, 2.24) is 0 Å². The van der Waals surface area contributed by atoms with Crippen LogP contribution in [0.4, 0.5) is 5.69 Å². The van der Waals surface area contributed by atoms with E-state index in [4.69, 9.17) is 16.7 Å². The van der Waals surface area contributed by atoms with Crippen molar-refractivity contribution in [2.24, 2.45) is 0 Å². The van der Waals surface area contributed by atoms with Gasteiger partial charge < -0.3 is 15.5 Å². The van der Waals surface area contributed by atoms with Gasteiger partial charge in [0.1, 0.15) is 5.75 Å². The minimum atomic E-state index is -1.14. The summed E-state index contributed by atoms with van der Waals surface area (Å²) in [4.78, 5) is 21.7. The number of nitrogens with one attached hydrogen (secondary N) is 1. The maximum atomic E-state index is 11.2. The van der Waals surface area contributed by atoms with E-state index < -0.39 is 5.97 Å². The highest BCUT2D eigenvalue weighted by Crippen LogP contribution is 2.24. The Labute approximate surface area is 96.7 Å². The van der Waals surface area contributed by atoms with Gasteiger partial charge in [0.2, 0.25) is 5.91 Å². The number of carboxylic acid groups (broad SMARTS) is 1. The van der Waals surface area contributed by atoms with E-state index in [0.29, 0.717) is 0 Å². The molecule has 0 atom stereocenters. The van der Waals surface area contributed by atoms with Gasteiger partial charge in [0.05, 0.1) is 11.3 Å². The Hall–Kier alpha value is -1.75. The molecule has 1 aromatic rings. The molecule has 0 saturated carbocycles. The quantitative estimate of drug-likeness (QED) is 0.554. The molecule has 0 bridgehead atoms. The second-order valence-electron chi connectivity index (χ2n) is 3.02. The summed E-state index contributed by atoms with van der Waals surface area (Å²) in [5.74, 6) is -1.59. The molecule has 0 heterocycles. The van der Waals surface area contributed by atoms with Crippen molar-refractivity contribution in [1.29, 1.82) is 0 Å². The largest absolute Gasteiger partial charge is 0.506 e. The van der Waals surface area contributed by atoms with Crippen LogP contribution in [0.5, 0.6) is 5.75 Å². The van der Waals surface area contributed by atoms with E-state index >= 15 is 0 Å². The van der Waals surface area contributed by atoms with Crippen LogP contribution in [0.2, 0.25) is 0 Å². The summed E-state index contributed by atoms with van der Waals surface area (Å²) in [5, 5.41) is 20.5. The summed E-state index contributed by atoms with van der Waals surface area (Å²) >= 11 is 5.37. The van der Waals surface area contributed by atoms with Gasteiger partial charge in [-0.3, -0.25) is 4.79 Å². The summed E-state index contributed by atoms with van der Waals surface area (Å²) < 4.78 is 0. The van der Waals surface area contributed by atoms with E-state index in [9.17, 15) is 14.7 Å². The molecule has 0 unspecified atom stereocenters. The van der Waals surface area contributed by atoms with Crippen molar-refractivity contribution in [3.63, 3.8) is 0 Å². The number of alkyl halides is 1. The first-order valence-corrected chi connectivity index (χ1v) is 5.00. The van der Waals surface area contributed by atoms with E-state index in [2.05, 4.69) is 5.32 Å². The Bertz CT molecular complexity index is 419. The van der Waals surface area contributed by atoms with Gasteiger partial charge in [0.25, 0.3) is 0 Å². The van der Waals surface area contributed by atoms with Gasteiger partial charge in [-0.15, -0.1) is 11.6 Å². The molecule has 1 rings (SSSR count). The Morgan fingerprint density at radius 1 is 1.38 bits per heavy atom. The van der Waals surface area contributed by atoms with Gasteiger partial charge in [-0.25, -0.2) is 4.79 Å². The van der Waals surface area contributed by atoms with Crippen molar-refractivity contribution in [2.75, 3.05) is 11.2 Å². The van der Waals surface area contributed by atoms with Gasteiger partial charge in [-0.2, -0.15) is 0 Å². The molecule has 6 heteroatoms. The standard InChI is InChI=1S/C10H10ClNO4/c11-4-3-9(14)12-7-2-1-6(10(15)16)5-8(7)13/h1-2,5,13H,3-4H2,(H,12,14)(H,15,16). The average molecular weight is 244 g/mol. The Balaban J connectivity index is 2.83. The third kappa shape index (κ3) is 3.13. The molecule has 0 aromatic heterocycles. The molecule has 1 aromatic carbocycles. The molecule has 86 valence electrons. The zero-order valence-electron chi connectivity index (χ0n) is 8.24. The summed E-state index contributed by atoms with van der Waals surface area (Å²) in [6, 6.07) is 3.68. The van der Waals surface area contributed by atoms with E-state index in [-0.39, 0.29) is 35.2 Å². The highest BCUT2D eigenvalue weighted by Gasteiger charge is 2.09. The lowest BCUT2D eigenvalue weighted by Gasteiger charge is -2.06. The lowest BCUT2D eigenvalue weighted by atomic mass is 10.2. The summed E-state index contributed by atoms with van der Waals surface area (Å²) in [7, 11) is 0. The zero-order chi connectivity index (χ0) is 12.1. The molecule has 0 aliphatic carbocycles. The summed E-state index contributed by atoms with van der Waals surface area (Å²) in [6.07, 6.45) is 0.127. The van der Waals surface area contributed by atoms with Gasteiger partial charge in [-0.1, -0.05) is 0 Å². The molecule has 0 saturated heterocycles. The summed E-state index contributed by atoms with van der Waals surface area (Å²) in [6.45, 7) is 0. The SMILES string of the molecule is O=C(CCCl)Nc1ccc(C(=O)O)cc1O. The molecule has 5 nitrogen and oxygen atoms in total. The van der Waals surface area contributed by atoms with E-state index in [1.807, 2.05) is 0 Å². The second-order valence-corrected chi connectivity index (χ2v) is 3.40. The minimum Gasteiger partial charge on any atom is -0.506 e. The molecule has 0 radical (unpaired) electrons. The number of phenolic OH excluding ortho intramolecular Hbond substituents is 1. The van der Waals surface area contributed by atoms with Crippen LogP contribution in [0.25, 0.3) is 0 Å². The predicted molar refractivity (Wildman–Crippen MR) is 59.0 cm³/mol. The van der Waals surface area contributed by atoms with Gasteiger partial charge in [-0.05, 0) is 18.2 Å². The van der Waals surface area contributed by atoms with Crippen LogP contribution in [0, 0.1) is 0 Å². The van der Waals surface area contributed by atoms with Crippen molar-refractivity contribution >= 4 is 29.2 Å². The number of amides is 1. The van der Waals surface area contributed by atoms with E-state index in [1.54, 1.807) is 0 Å². The summed E-state index contributed by atoms with van der Waals surface area (Å²) in [5.41, 5.74) is 0.118. The van der Waals surface area contributed by atoms with Crippen LogP contribution in [-0.2, 0) is 4.79 Å². The third-order valence-electron chi connectivity index (χ3n) is 1.84. The lowest BCUT2D eigenvalue weighted by Crippen LogP contribution is -2.12. The lowest BCUT2D eigenvalue weighted by molar-refractivity contribution is -0.115. The molecular weight excluding hydrogens is 234 g/mol. The van der Waals surface area contributed by atoms with Crippen molar-refractivity contribution in [3.05, 3.63) is 23.8 Å². The van der Waals surface area contributed by atoms with Crippen molar-refractivity contribution < 1.29 is 19.8 Å². The third-order valence-corrected chi connectivity index (χ3v) is 2.03. The Morgan fingerprint density at radius 2 is 2.06 bits per heavy atom. The highest BCUT2D eigenvalue weighted by atomic mass is 35.5. The number of benzene rings is 1. The molecule has 1 amide bonds. The fourth-order valence-corrected chi connectivity index (χ4v) is 1.24. The average Bonchev–Trinajstić information content (AvgIpc) is 2.21. The van der Waals surface area contributed by atoms with Crippen molar-refractivity contribution in [3.8, 4) is 5.75 Å². The maximum absolute atomic E-state index is 11.2. The molecule has 3 N–H and O–H groups in total. The smallest absolute Gasteiger partial charge is 0.335 e. The van der Waals surface area contributed by atoms with Crippen LogP contribution in [-0.4, -0.2) is 28.0 Å². The molecule has 0 aliphatic heterocycles. The second kappa shape index (κ2) is 5.37. The number of hydrogen-bond donors (Lipinski definition) is 3. The van der Waals surface area contributed by atoms with Crippen LogP contribution >= 0.6 is 11.6 Å². The van der Waals surface area contributed by atoms with E-state index in [0.717, 1.165) is 6.07 Å². The number of rotatable bonds is 4. The number of phenols is 1. The van der Waals surface area contributed by atoms with Crippen LogP contribution in [0.15, 0.2) is 18.2 Å². The first kappa shape index (κ1) is 12.3. The normalized spacial score (nSPS) is 9.81. The molecule has 0 aliphatic rings. The van der Waals surface area contributed by atoms with Gasteiger partial charge in [0.15, 0.2) is 0 Å². The molecule has 0 spiro atoms. The van der Waals surface area contributed by atoms with E-state index in [1.165, 1.54) is 12.1 Å². The van der Waals surface area contributed by atoms with Crippen LogP contribution < -0.4 is 5.32 Å². The number of halogens is 1. The zero-order valence-corrected chi connectivity index (χ0v) is 8.99. The van der Waals surface area contributed by atoms with Crippen LogP contribution in [0.3, 0.4) is 0 Å². The predicted octanol–water partition coefficient (Wildman–Crippen LogP) is 1.66. The Kier molecular flexibility index (Phi) is 4.13. The number of carbonyl (C=O) groups is 2. The Morgan fingerprint density at radius 3 is 2.56 bits per heavy atom. The minimum absolute atomic E-state index is 0.0483. The number of anilines is 1. The van der Waals surface area contributed by atoms with Crippen LogP contribution in [0.1, 0.15) is 16.8 Å². The molecule has 0 fully saturated rings. The monoisotopic (exact) mass is 243 g/mol. The fourth-order valence-electron chi connectivity index (χ4n) is 1.07.